The first kappa shape index (κ1) is 13.7. The van der Waals surface area contributed by atoms with Crippen molar-refractivity contribution >= 4 is 5.97 Å². The molecule has 1 rings (SSSR count). The third-order valence-corrected chi connectivity index (χ3v) is 2.61. The zero-order chi connectivity index (χ0) is 12.9. The molecule has 6 heteroatoms. The number of nitrogens with one attached hydrogen (secondary N) is 1. The molecule has 1 atom stereocenters. The minimum absolute atomic E-state index is 0.351. The summed E-state index contributed by atoms with van der Waals surface area (Å²) < 4.78 is 9.82. The largest absolute Gasteiger partial charge is 0.480 e. The predicted octanol–water partition coefficient (Wildman–Crippen LogP) is 0.952. The molecular formula is C11H18N2O4. The van der Waals surface area contributed by atoms with Gasteiger partial charge in [-0.05, 0) is 20.3 Å². The molecule has 0 aliphatic heterocycles. The van der Waals surface area contributed by atoms with Gasteiger partial charge in [-0.2, -0.15) is 0 Å². The SMILES string of the molecule is COCCC(C)(NCc1cc(C)on1)C(=O)O. The lowest BCUT2D eigenvalue weighted by Crippen LogP contribution is -2.49. The predicted molar refractivity (Wildman–Crippen MR) is 60.6 cm³/mol. The first-order valence-electron chi connectivity index (χ1n) is 5.37. The molecular weight excluding hydrogens is 224 g/mol. The molecule has 0 spiro atoms. The molecule has 0 fully saturated rings. The summed E-state index contributed by atoms with van der Waals surface area (Å²) in [5.74, 6) is -0.203. The molecule has 17 heavy (non-hydrogen) atoms. The smallest absolute Gasteiger partial charge is 0.323 e. The highest BCUT2D eigenvalue weighted by molar-refractivity contribution is 5.78. The minimum Gasteiger partial charge on any atom is -0.480 e. The average molecular weight is 242 g/mol. The molecule has 2 N–H and O–H groups in total. The summed E-state index contributed by atoms with van der Waals surface area (Å²) in [7, 11) is 1.54. The number of carboxylic acids is 1. The normalized spacial score (nSPS) is 14.5. The Kier molecular flexibility index (Phi) is 4.65. The third-order valence-electron chi connectivity index (χ3n) is 2.61. The lowest BCUT2D eigenvalue weighted by atomic mass is 9.98. The van der Waals surface area contributed by atoms with E-state index in [1.807, 2.05) is 0 Å². The van der Waals surface area contributed by atoms with Gasteiger partial charge in [-0.3, -0.25) is 10.1 Å². The van der Waals surface area contributed by atoms with Gasteiger partial charge in [0.05, 0.1) is 5.69 Å². The van der Waals surface area contributed by atoms with Crippen LogP contribution >= 0.6 is 0 Å². The summed E-state index contributed by atoms with van der Waals surface area (Å²) in [6.45, 7) is 4.15. The van der Waals surface area contributed by atoms with E-state index in [-0.39, 0.29) is 0 Å². The van der Waals surface area contributed by atoms with Crippen molar-refractivity contribution in [1.29, 1.82) is 0 Å². The van der Waals surface area contributed by atoms with Gasteiger partial charge in [0.15, 0.2) is 0 Å². The maximum atomic E-state index is 11.2. The number of methoxy groups -OCH3 is 1. The molecule has 1 aromatic rings. The second kappa shape index (κ2) is 5.79. The summed E-state index contributed by atoms with van der Waals surface area (Å²) in [5, 5.41) is 15.9. The van der Waals surface area contributed by atoms with Crippen molar-refractivity contribution in [1.82, 2.24) is 10.5 Å². The number of nitrogens with zero attached hydrogens (tertiary/aromatic N) is 1. The molecule has 1 aromatic heterocycles. The van der Waals surface area contributed by atoms with Crippen LogP contribution in [0.25, 0.3) is 0 Å². The lowest BCUT2D eigenvalue weighted by Gasteiger charge is -2.25. The maximum Gasteiger partial charge on any atom is 0.323 e. The standard InChI is InChI=1S/C11H18N2O4/c1-8-6-9(13-17-8)7-12-11(2,10(14)15)4-5-16-3/h6,12H,4-5,7H2,1-3H3,(H,14,15). The number of aryl methyl sites for hydroxylation is 1. The first-order chi connectivity index (χ1) is 7.98. The zero-order valence-electron chi connectivity index (χ0n) is 10.3. The first-order valence-corrected chi connectivity index (χ1v) is 5.37. The van der Waals surface area contributed by atoms with Crippen LogP contribution in [0.5, 0.6) is 0 Å². The average Bonchev–Trinajstić information content (AvgIpc) is 2.69. The van der Waals surface area contributed by atoms with Gasteiger partial charge in [-0.1, -0.05) is 5.16 Å². The van der Waals surface area contributed by atoms with Crippen molar-refractivity contribution in [3.05, 3.63) is 17.5 Å². The summed E-state index contributed by atoms with van der Waals surface area (Å²) in [6, 6.07) is 1.77. The Morgan fingerprint density at radius 1 is 1.71 bits per heavy atom. The fourth-order valence-electron chi connectivity index (χ4n) is 1.36. The monoisotopic (exact) mass is 242 g/mol. The number of carbonyl (C=O) groups is 1. The molecule has 0 aromatic carbocycles. The molecule has 96 valence electrons. The summed E-state index contributed by atoms with van der Waals surface area (Å²) >= 11 is 0. The van der Waals surface area contributed by atoms with E-state index in [4.69, 9.17) is 9.26 Å². The van der Waals surface area contributed by atoms with Gasteiger partial charge >= 0.3 is 5.97 Å². The van der Waals surface area contributed by atoms with Gasteiger partial charge in [-0.25, -0.2) is 0 Å². The van der Waals surface area contributed by atoms with Crippen molar-refractivity contribution in [3.63, 3.8) is 0 Å². The minimum atomic E-state index is -1.02. The van der Waals surface area contributed by atoms with Crippen molar-refractivity contribution in [2.24, 2.45) is 0 Å². The van der Waals surface area contributed by atoms with Gasteiger partial charge < -0.3 is 14.4 Å². The molecule has 0 aliphatic rings. The Hall–Kier alpha value is -1.40. The van der Waals surface area contributed by atoms with Crippen LogP contribution in [0.3, 0.4) is 0 Å². The molecule has 6 nitrogen and oxygen atoms in total. The molecule has 0 radical (unpaired) electrons. The maximum absolute atomic E-state index is 11.2. The van der Waals surface area contributed by atoms with Gasteiger partial charge in [0.2, 0.25) is 0 Å². The van der Waals surface area contributed by atoms with Crippen molar-refractivity contribution in [2.45, 2.75) is 32.4 Å². The number of hydrogen-bond donors (Lipinski definition) is 2. The van der Waals surface area contributed by atoms with Gasteiger partial charge in [0.1, 0.15) is 11.3 Å². The van der Waals surface area contributed by atoms with Gasteiger partial charge in [0.25, 0.3) is 0 Å². The van der Waals surface area contributed by atoms with Crippen molar-refractivity contribution in [3.8, 4) is 0 Å². The number of aromatic nitrogens is 1. The Labute approximate surface area is 99.9 Å². The molecule has 0 saturated heterocycles. The van der Waals surface area contributed by atoms with E-state index in [1.54, 1.807) is 27.0 Å². The van der Waals surface area contributed by atoms with Gasteiger partial charge in [-0.15, -0.1) is 0 Å². The van der Waals surface area contributed by atoms with Crippen LogP contribution in [-0.2, 0) is 16.1 Å². The van der Waals surface area contributed by atoms with E-state index < -0.39 is 11.5 Å². The second-order valence-corrected chi connectivity index (χ2v) is 4.16. The Morgan fingerprint density at radius 3 is 2.88 bits per heavy atom. The third kappa shape index (κ3) is 3.83. The lowest BCUT2D eigenvalue weighted by molar-refractivity contribution is -0.145. The van der Waals surface area contributed by atoms with Crippen LogP contribution in [0.2, 0.25) is 0 Å². The second-order valence-electron chi connectivity index (χ2n) is 4.16. The summed E-state index contributed by atoms with van der Waals surface area (Å²) in [5.41, 5.74) is -0.338. The summed E-state index contributed by atoms with van der Waals surface area (Å²) in [4.78, 5) is 11.2. The van der Waals surface area contributed by atoms with Gasteiger partial charge in [0, 0.05) is 26.3 Å². The van der Waals surface area contributed by atoms with Crippen LogP contribution in [0.4, 0.5) is 0 Å². The highest BCUT2D eigenvalue weighted by atomic mass is 16.5. The Balaban J connectivity index is 2.58. The van der Waals surface area contributed by atoms with Crippen LogP contribution in [0.1, 0.15) is 24.8 Å². The topological polar surface area (TPSA) is 84.6 Å². The number of rotatable bonds is 7. The number of hydrogen-bond acceptors (Lipinski definition) is 5. The molecule has 0 aliphatic carbocycles. The quantitative estimate of drug-likeness (QED) is 0.740. The van der Waals surface area contributed by atoms with Crippen LogP contribution in [0, 0.1) is 6.92 Å². The van der Waals surface area contributed by atoms with Crippen LogP contribution < -0.4 is 5.32 Å². The van der Waals surface area contributed by atoms with E-state index >= 15 is 0 Å². The molecule has 1 heterocycles. The van der Waals surface area contributed by atoms with Crippen LogP contribution in [-0.4, -0.2) is 35.5 Å². The molecule has 0 saturated carbocycles. The highest BCUT2D eigenvalue weighted by Crippen LogP contribution is 2.12. The van der Waals surface area contributed by atoms with E-state index in [1.165, 1.54) is 0 Å². The van der Waals surface area contributed by atoms with E-state index in [2.05, 4.69) is 10.5 Å². The van der Waals surface area contributed by atoms with E-state index in [0.717, 1.165) is 0 Å². The zero-order valence-corrected chi connectivity index (χ0v) is 10.3. The Bertz CT molecular complexity index is 377. The molecule has 1 unspecified atom stereocenters. The fourth-order valence-corrected chi connectivity index (χ4v) is 1.36. The molecule has 0 bridgehead atoms. The number of aliphatic carboxylic acids is 1. The molecule has 0 amide bonds. The van der Waals surface area contributed by atoms with Crippen molar-refractivity contribution < 1.29 is 19.2 Å². The Morgan fingerprint density at radius 2 is 2.41 bits per heavy atom. The fraction of sp³-hybridized carbons (Fsp3) is 0.636. The van der Waals surface area contributed by atoms with Crippen molar-refractivity contribution in [2.75, 3.05) is 13.7 Å². The van der Waals surface area contributed by atoms with E-state index in [0.29, 0.717) is 31.0 Å². The van der Waals surface area contributed by atoms with Crippen LogP contribution in [0.15, 0.2) is 10.6 Å². The highest BCUT2D eigenvalue weighted by Gasteiger charge is 2.32. The van der Waals surface area contributed by atoms with E-state index in [9.17, 15) is 9.90 Å². The number of ether oxygens (including phenoxy) is 1. The summed E-state index contributed by atoms with van der Waals surface area (Å²) in [6.07, 6.45) is 0.385. The number of carboxylic acid groups (broad SMARTS) is 1.